The smallest absolute Gasteiger partial charge is 0.0196 e. The van der Waals surface area contributed by atoms with Gasteiger partial charge in [0.15, 0.2) is 0 Å². The molecule has 0 saturated heterocycles. The van der Waals surface area contributed by atoms with Crippen molar-refractivity contribution in [2.24, 2.45) is 0 Å². The number of carbonyl (C=O) groups excluding carboxylic acids is 1. The zero-order chi connectivity index (χ0) is 24.6. The second-order valence-electron chi connectivity index (χ2n) is 7.46. The van der Waals surface area contributed by atoms with E-state index >= 15 is 0 Å². The van der Waals surface area contributed by atoms with Crippen molar-refractivity contribution in [3.05, 3.63) is 127 Å². The first-order valence-electron chi connectivity index (χ1n) is 11.3. The second-order valence-corrected chi connectivity index (χ2v) is 13.7. The molecule has 0 aliphatic heterocycles. The topological polar surface area (TPSA) is 31.2 Å². The Morgan fingerprint density at radius 1 is 0.571 bits per heavy atom. The first-order chi connectivity index (χ1) is 17.3. The molecule has 0 aliphatic carbocycles. The molecule has 0 unspecified atom stereocenters. The third-order valence-corrected chi connectivity index (χ3v) is 10.7. The third kappa shape index (κ3) is 9.63. The van der Waals surface area contributed by atoms with E-state index < -0.39 is 15.7 Å². The molecule has 182 valence electrons. The Kier molecular flexibility index (Phi) is 13.3. The van der Waals surface area contributed by atoms with Crippen molar-refractivity contribution >= 4 is 51.2 Å². The van der Waals surface area contributed by atoms with Crippen molar-refractivity contribution in [3.8, 4) is 0 Å². The maximum atomic E-state index is 8.97. The minimum Gasteiger partial charge on any atom is -0.662 e. The molecule has 6 heteroatoms. The zero-order valence-corrected chi connectivity index (χ0v) is 23.8. The van der Waals surface area contributed by atoms with Crippen molar-refractivity contribution in [3.63, 3.8) is 0 Å². The maximum absolute atomic E-state index is 8.97. The van der Waals surface area contributed by atoms with Crippen LogP contribution in [0, 0.1) is 0 Å². The number of hydrogen-bond acceptors (Lipinski definition) is 1. The van der Waals surface area contributed by atoms with E-state index in [1.165, 1.54) is 21.2 Å². The summed E-state index contributed by atoms with van der Waals surface area (Å²) in [6.07, 6.45) is 2.22. The fraction of sp³-hybridized carbons (Fsp3) is 0.138. The average molecular weight is 606 g/mol. The number of halogens is 1. The molecule has 35 heavy (non-hydrogen) atoms. The van der Waals surface area contributed by atoms with E-state index in [1.54, 1.807) is 4.47 Å². The van der Waals surface area contributed by atoms with Crippen LogP contribution >= 0.6 is 25.5 Å². The van der Waals surface area contributed by atoms with Crippen molar-refractivity contribution in [2.45, 2.75) is 0 Å². The quantitative estimate of drug-likeness (QED) is 0.131. The van der Waals surface area contributed by atoms with Crippen LogP contribution in [-0.4, -0.2) is 29.9 Å². The van der Waals surface area contributed by atoms with E-state index in [4.69, 9.17) is 19.8 Å². The largest absolute Gasteiger partial charge is 0.662 e. The monoisotopic (exact) mass is 606 g/mol. The molecule has 0 bridgehead atoms. The zero-order valence-electron chi connectivity index (χ0n) is 19.4. The Morgan fingerprint density at radius 2 is 0.829 bits per heavy atom. The van der Waals surface area contributed by atoms with E-state index in [0.29, 0.717) is 0 Å². The van der Waals surface area contributed by atoms with Crippen molar-refractivity contribution in [1.29, 1.82) is 0 Å². The fourth-order valence-electron chi connectivity index (χ4n) is 3.70. The molecule has 0 amide bonds. The molecule has 4 rings (SSSR count). The van der Waals surface area contributed by atoms with Crippen LogP contribution in [0.2, 0.25) is 0 Å². The Bertz CT molecular complexity index is 980. The number of benzene rings is 4. The number of nitrogens with zero attached hydrogens (tertiary/aromatic N) is 1. The molecular formula is C29H29ClNOP2Ru-. The SMILES string of the molecule is O=[C]=[RuH][Cl].c1ccc(P(CC[N-]CCP(c2ccccc2)c2ccccc2)c2ccccc2)cc1. The van der Waals surface area contributed by atoms with Crippen molar-refractivity contribution < 1.29 is 20.5 Å². The number of hydrogen-bond donors (Lipinski definition) is 0. The molecule has 0 spiro atoms. The van der Waals surface area contributed by atoms with Crippen LogP contribution in [0.15, 0.2) is 121 Å². The summed E-state index contributed by atoms with van der Waals surface area (Å²) in [4.78, 5) is 8.97. The summed E-state index contributed by atoms with van der Waals surface area (Å²) in [5.74, 6) is 0. The molecule has 0 aliphatic rings. The van der Waals surface area contributed by atoms with Crippen molar-refractivity contribution in [1.82, 2.24) is 0 Å². The molecule has 0 N–H and O–H groups in total. The van der Waals surface area contributed by atoms with E-state index in [0.717, 1.165) is 25.4 Å². The fourth-order valence-corrected chi connectivity index (χ4v) is 8.14. The van der Waals surface area contributed by atoms with Gasteiger partial charge in [-0.3, -0.25) is 0 Å². The van der Waals surface area contributed by atoms with Gasteiger partial charge in [-0.2, -0.15) is 0 Å². The molecule has 4 aromatic carbocycles. The Hall–Kier alpha value is -1.81. The van der Waals surface area contributed by atoms with Crippen LogP contribution in [0.4, 0.5) is 0 Å². The predicted octanol–water partition coefficient (Wildman–Crippen LogP) is 5.65. The summed E-state index contributed by atoms with van der Waals surface area (Å²) in [6.45, 7) is 1.84. The second kappa shape index (κ2) is 16.8. The summed E-state index contributed by atoms with van der Waals surface area (Å²) < 4.78 is 1.56. The van der Waals surface area contributed by atoms with Gasteiger partial charge in [0.2, 0.25) is 0 Å². The van der Waals surface area contributed by atoms with E-state index in [1.807, 2.05) is 0 Å². The van der Waals surface area contributed by atoms with Crippen LogP contribution in [0.3, 0.4) is 0 Å². The van der Waals surface area contributed by atoms with Gasteiger partial charge in [0.05, 0.1) is 0 Å². The molecule has 0 saturated carbocycles. The Balaban J connectivity index is 0.000000795. The van der Waals surface area contributed by atoms with E-state index in [-0.39, 0.29) is 15.8 Å². The van der Waals surface area contributed by atoms with E-state index in [2.05, 4.69) is 121 Å². The minimum absolute atomic E-state index is 0.359. The van der Waals surface area contributed by atoms with Gasteiger partial charge in [-0.25, -0.2) is 0 Å². The standard InChI is InChI=1S/C28H28NP2.CO.ClH.Ru.H/c1-5-13-25(14-6-1)30(26-15-7-2-8-16-26)23-21-29-22-24-31(27-17-9-3-10-18-27)28-19-11-4-12-20-28;1-2;;;/h1-20H,21-24H2;;1H;;/q-1;;;+1;/p-1. The molecule has 0 atom stereocenters. The minimum atomic E-state index is -0.723. The maximum Gasteiger partial charge on any atom is -0.0196 e. The number of rotatable bonds is 10. The summed E-state index contributed by atoms with van der Waals surface area (Å²) in [5.41, 5.74) is 0. The Labute approximate surface area is 222 Å². The van der Waals surface area contributed by atoms with Gasteiger partial charge in [0.25, 0.3) is 0 Å². The summed E-state index contributed by atoms with van der Waals surface area (Å²) in [7, 11) is 4.15. The van der Waals surface area contributed by atoms with Gasteiger partial charge in [0.1, 0.15) is 0 Å². The van der Waals surface area contributed by atoms with Gasteiger partial charge in [-0.15, -0.1) is 13.1 Å². The van der Waals surface area contributed by atoms with Gasteiger partial charge in [0, 0.05) is 0 Å². The van der Waals surface area contributed by atoms with Crippen LogP contribution in [0.25, 0.3) is 5.32 Å². The van der Waals surface area contributed by atoms with Gasteiger partial charge in [-0.1, -0.05) is 121 Å². The van der Waals surface area contributed by atoms with Gasteiger partial charge < -0.3 is 5.32 Å². The van der Waals surface area contributed by atoms with Gasteiger partial charge >= 0.3 is 34.6 Å². The summed E-state index contributed by atoms with van der Waals surface area (Å²) >= 11 is -0.723. The molecule has 0 fully saturated rings. The van der Waals surface area contributed by atoms with Crippen LogP contribution < -0.4 is 21.2 Å². The summed E-state index contributed by atoms with van der Waals surface area (Å²) in [6, 6.07) is 43.7. The first kappa shape index (κ1) is 27.8. The first-order valence-corrected chi connectivity index (χ1v) is 17.7. The van der Waals surface area contributed by atoms with Crippen LogP contribution in [0.1, 0.15) is 0 Å². The predicted molar refractivity (Wildman–Crippen MR) is 154 cm³/mol. The van der Waals surface area contributed by atoms with Crippen molar-refractivity contribution in [2.75, 3.05) is 25.4 Å². The molecule has 0 heterocycles. The molecule has 4 aromatic rings. The normalized spacial score (nSPS) is 10.6. The summed E-state index contributed by atoms with van der Waals surface area (Å²) in [5, 5.41) is 10.7. The third-order valence-electron chi connectivity index (χ3n) is 5.26. The molecule has 0 aromatic heterocycles. The van der Waals surface area contributed by atoms with Crippen LogP contribution in [-0.2, 0) is 20.5 Å². The molecular weight excluding hydrogens is 577 g/mol. The van der Waals surface area contributed by atoms with Gasteiger partial charge in [-0.05, 0) is 49.4 Å². The van der Waals surface area contributed by atoms with E-state index in [9.17, 15) is 0 Å². The molecule has 2 nitrogen and oxygen atoms in total. The average Bonchev–Trinajstić information content (AvgIpc) is 2.95. The van der Waals surface area contributed by atoms with Crippen LogP contribution in [0.5, 0.6) is 0 Å². The molecule has 0 radical (unpaired) electrons. The Morgan fingerprint density at radius 3 is 1.06 bits per heavy atom.